The molecule has 9 heteroatoms. The van der Waals surface area contributed by atoms with Gasteiger partial charge in [0.2, 0.25) is 10.0 Å². The molecule has 8 nitrogen and oxygen atoms in total. The summed E-state index contributed by atoms with van der Waals surface area (Å²) in [6, 6.07) is 10.5. The first-order valence-corrected chi connectivity index (χ1v) is 11.5. The third-order valence-electron chi connectivity index (χ3n) is 5.99. The van der Waals surface area contributed by atoms with Crippen molar-refractivity contribution in [3.05, 3.63) is 66.1 Å². The molecule has 3 aromatic rings. The first kappa shape index (κ1) is 19.2. The Balaban J connectivity index is 1.23. The molecular weight excluding hydrogens is 402 g/mol. The van der Waals surface area contributed by atoms with Crippen molar-refractivity contribution < 1.29 is 13.2 Å². The van der Waals surface area contributed by atoms with E-state index in [1.54, 1.807) is 63.7 Å². The summed E-state index contributed by atoms with van der Waals surface area (Å²) in [7, 11) is -3.49. The number of fused-ring (bicyclic) bond motifs is 2. The number of sulfonamides is 1. The van der Waals surface area contributed by atoms with Crippen LogP contribution in [0.4, 0.5) is 0 Å². The molecule has 2 atom stereocenters. The minimum atomic E-state index is -3.49. The zero-order valence-corrected chi connectivity index (χ0v) is 17.2. The summed E-state index contributed by atoms with van der Waals surface area (Å²) >= 11 is 0. The van der Waals surface area contributed by atoms with Crippen molar-refractivity contribution in [1.82, 2.24) is 24.3 Å². The number of nitrogens with zero attached hydrogens (tertiary/aromatic N) is 3. The summed E-state index contributed by atoms with van der Waals surface area (Å²) in [6.07, 6.45) is 6.23. The van der Waals surface area contributed by atoms with Crippen molar-refractivity contribution >= 4 is 21.6 Å². The van der Waals surface area contributed by atoms with Crippen molar-refractivity contribution in [2.24, 2.45) is 5.92 Å². The van der Waals surface area contributed by atoms with E-state index in [0.717, 1.165) is 24.2 Å². The molecule has 0 spiro atoms. The predicted molar refractivity (Wildman–Crippen MR) is 111 cm³/mol. The fraction of sp³-hybridized carbons (Fsp3) is 0.333. The molecule has 2 aliphatic rings. The van der Waals surface area contributed by atoms with E-state index in [1.165, 1.54) is 0 Å². The Kier molecular flexibility index (Phi) is 4.80. The van der Waals surface area contributed by atoms with E-state index in [-0.39, 0.29) is 11.9 Å². The van der Waals surface area contributed by atoms with Crippen LogP contribution in [-0.4, -0.2) is 53.7 Å². The Morgan fingerprint density at radius 2 is 2.00 bits per heavy atom. The van der Waals surface area contributed by atoms with Gasteiger partial charge in [0.05, 0.1) is 10.5 Å². The molecule has 2 aromatic heterocycles. The number of aromatic nitrogens is 2. The van der Waals surface area contributed by atoms with Gasteiger partial charge < -0.3 is 15.0 Å². The van der Waals surface area contributed by atoms with Crippen LogP contribution in [0.15, 0.2) is 59.9 Å². The van der Waals surface area contributed by atoms with E-state index in [0.29, 0.717) is 36.0 Å². The van der Waals surface area contributed by atoms with Crippen LogP contribution >= 0.6 is 0 Å². The number of hydrogen-bond acceptors (Lipinski definition) is 5. The summed E-state index contributed by atoms with van der Waals surface area (Å²) < 4.78 is 29.2. The molecule has 4 heterocycles. The smallest absolute Gasteiger partial charge is 0.253 e. The number of rotatable bonds is 5. The van der Waals surface area contributed by atoms with E-state index < -0.39 is 10.0 Å². The fourth-order valence-electron chi connectivity index (χ4n) is 4.27. The molecule has 2 N–H and O–H groups in total. The molecular formula is C21H23N5O3S. The van der Waals surface area contributed by atoms with Crippen LogP contribution in [0.25, 0.3) is 5.65 Å². The highest BCUT2D eigenvalue weighted by molar-refractivity contribution is 7.89. The standard InChI is InChI=1S/C21H23N5O3S/c27-21(17-3-6-20-23-9-10-25(20)12-17)24-11-15-1-4-18(5-2-15)30(28,29)26-13-16-7-8-22-19(16)14-26/h1-6,9-10,12,16,19,22H,7-8,11,13-14H2,(H,24,27). The molecule has 156 valence electrons. The van der Waals surface area contributed by atoms with Crippen molar-refractivity contribution in [2.45, 2.75) is 23.9 Å². The lowest BCUT2D eigenvalue weighted by Gasteiger charge is -2.17. The summed E-state index contributed by atoms with van der Waals surface area (Å²) in [6.45, 7) is 2.41. The topological polar surface area (TPSA) is 95.8 Å². The van der Waals surface area contributed by atoms with Gasteiger partial charge in [-0.2, -0.15) is 4.31 Å². The molecule has 2 saturated heterocycles. The predicted octanol–water partition coefficient (Wildman–Crippen LogP) is 1.25. The Bertz CT molecular complexity index is 1180. The minimum absolute atomic E-state index is 0.196. The lowest BCUT2D eigenvalue weighted by Crippen LogP contribution is -2.34. The molecule has 1 aromatic carbocycles. The maximum atomic E-state index is 12.9. The van der Waals surface area contributed by atoms with Gasteiger partial charge in [-0.1, -0.05) is 12.1 Å². The van der Waals surface area contributed by atoms with Crippen LogP contribution in [0.2, 0.25) is 0 Å². The zero-order valence-electron chi connectivity index (χ0n) is 16.4. The maximum Gasteiger partial charge on any atom is 0.253 e. The first-order valence-electron chi connectivity index (χ1n) is 10.0. The van der Waals surface area contributed by atoms with Gasteiger partial charge in [0.1, 0.15) is 5.65 Å². The average molecular weight is 426 g/mol. The second-order valence-electron chi connectivity index (χ2n) is 7.87. The Labute approximate surface area is 175 Å². The Morgan fingerprint density at radius 3 is 2.80 bits per heavy atom. The molecule has 0 aliphatic carbocycles. The van der Waals surface area contributed by atoms with Gasteiger partial charge >= 0.3 is 0 Å². The highest BCUT2D eigenvalue weighted by atomic mass is 32.2. The summed E-state index contributed by atoms with van der Waals surface area (Å²) in [5.74, 6) is 0.217. The molecule has 5 rings (SSSR count). The van der Waals surface area contributed by atoms with E-state index in [4.69, 9.17) is 0 Å². The lowest BCUT2D eigenvalue weighted by molar-refractivity contribution is 0.0950. The van der Waals surface area contributed by atoms with Gasteiger partial charge in [-0.15, -0.1) is 0 Å². The van der Waals surface area contributed by atoms with Gasteiger partial charge in [0, 0.05) is 44.3 Å². The van der Waals surface area contributed by atoms with E-state index >= 15 is 0 Å². The third kappa shape index (κ3) is 3.49. The number of amides is 1. The first-order chi connectivity index (χ1) is 14.5. The van der Waals surface area contributed by atoms with Gasteiger partial charge in [0.25, 0.3) is 5.91 Å². The highest BCUT2D eigenvalue weighted by Crippen LogP contribution is 2.29. The Hall–Kier alpha value is -2.75. The number of imidazole rings is 1. The van der Waals surface area contributed by atoms with Crippen LogP contribution in [0, 0.1) is 5.92 Å². The number of hydrogen-bond donors (Lipinski definition) is 2. The minimum Gasteiger partial charge on any atom is -0.348 e. The second-order valence-corrected chi connectivity index (χ2v) is 9.81. The van der Waals surface area contributed by atoms with Crippen LogP contribution in [0.5, 0.6) is 0 Å². The number of carbonyl (C=O) groups excluding carboxylic acids is 1. The number of carbonyl (C=O) groups is 1. The van der Waals surface area contributed by atoms with Gasteiger partial charge in [-0.05, 0) is 48.7 Å². The monoisotopic (exact) mass is 425 g/mol. The van der Waals surface area contributed by atoms with Gasteiger partial charge in [0.15, 0.2) is 0 Å². The van der Waals surface area contributed by atoms with Crippen molar-refractivity contribution in [1.29, 1.82) is 0 Å². The molecule has 0 bridgehead atoms. The van der Waals surface area contributed by atoms with E-state index in [1.807, 2.05) is 0 Å². The molecule has 2 aliphatic heterocycles. The number of benzene rings is 1. The van der Waals surface area contributed by atoms with Crippen LogP contribution in [0.3, 0.4) is 0 Å². The van der Waals surface area contributed by atoms with Crippen LogP contribution in [0.1, 0.15) is 22.3 Å². The highest BCUT2D eigenvalue weighted by Gasteiger charge is 2.41. The average Bonchev–Trinajstić information content (AvgIpc) is 3.47. The van der Waals surface area contributed by atoms with Gasteiger partial charge in [-0.25, -0.2) is 13.4 Å². The molecule has 0 saturated carbocycles. The third-order valence-corrected chi connectivity index (χ3v) is 7.84. The molecule has 2 fully saturated rings. The maximum absolute atomic E-state index is 12.9. The molecule has 0 radical (unpaired) electrons. The largest absolute Gasteiger partial charge is 0.348 e. The lowest BCUT2D eigenvalue weighted by atomic mass is 10.1. The quantitative estimate of drug-likeness (QED) is 0.641. The Morgan fingerprint density at radius 1 is 1.17 bits per heavy atom. The number of nitrogens with one attached hydrogen (secondary N) is 2. The van der Waals surface area contributed by atoms with Crippen molar-refractivity contribution in [3.8, 4) is 0 Å². The van der Waals surface area contributed by atoms with E-state index in [9.17, 15) is 13.2 Å². The summed E-state index contributed by atoms with van der Waals surface area (Å²) in [5, 5.41) is 6.25. The fourth-order valence-corrected chi connectivity index (χ4v) is 5.80. The zero-order chi connectivity index (χ0) is 20.7. The van der Waals surface area contributed by atoms with Crippen molar-refractivity contribution in [2.75, 3.05) is 19.6 Å². The summed E-state index contributed by atoms with van der Waals surface area (Å²) in [4.78, 5) is 16.9. The van der Waals surface area contributed by atoms with Crippen LogP contribution < -0.4 is 10.6 Å². The number of pyridine rings is 1. The SMILES string of the molecule is O=C(NCc1ccc(S(=O)(=O)N2CC3CCNC3C2)cc1)c1ccc2nccn2c1. The normalized spacial score (nSPS) is 21.7. The molecule has 1 amide bonds. The molecule has 30 heavy (non-hydrogen) atoms. The van der Waals surface area contributed by atoms with Crippen molar-refractivity contribution in [3.63, 3.8) is 0 Å². The molecule has 2 unspecified atom stereocenters. The van der Waals surface area contributed by atoms with E-state index in [2.05, 4.69) is 15.6 Å². The van der Waals surface area contributed by atoms with Gasteiger partial charge in [-0.3, -0.25) is 4.79 Å². The second kappa shape index (κ2) is 7.50. The van der Waals surface area contributed by atoms with Crippen LogP contribution in [-0.2, 0) is 16.6 Å². The summed E-state index contributed by atoms with van der Waals surface area (Å²) in [5.41, 5.74) is 2.15.